The molecule has 0 aliphatic heterocycles. The summed E-state index contributed by atoms with van der Waals surface area (Å²) in [4.78, 5) is 0. The molecule has 5 heavy (non-hydrogen) atoms. The fourth-order valence-electron chi connectivity index (χ4n) is 0. The fraction of sp³-hybridized carbons (Fsp3) is 0. The van der Waals surface area contributed by atoms with Crippen molar-refractivity contribution in [1.29, 1.82) is 0 Å². The molecule has 0 aromatic rings. The van der Waals surface area contributed by atoms with Crippen LogP contribution >= 0.6 is 0 Å². The molecule has 0 saturated heterocycles. The minimum Gasteiger partial charge on any atom is -0.412 e. The smallest absolute Gasteiger partial charge is 0 e. The molecule has 2 nitrogen and oxygen atoms in total. The van der Waals surface area contributed by atoms with E-state index in [2.05, 4.69) is 0 Å². The van der Waals surface area contributed by atoms with E-state index in [0.717, 1.165) is 0 Å². The van der Waals surface area contributed by atoms with E-state index in [1.54, 1.807) is 0 Å². The Morgan fingerprint density at radius 1 is 0.800 bits per heavy atom. The summed E-state index contributed by atoms with van der Waals surface area (Å²) in [5, 5.41) is 0. The van der Waals surface area contributed by atoms with Gasteiger partial charge in [-0.15, -0.1) is 0 Å². The van der Waals surface area contributed by atoms with Crippen LogP contribution in [0.3, 0.4) is 0 Å². The van der Waals surface area contributed by atoms with Crippen LogP contribution in [-0.4, -0.2) is 5.48 Å². The third kappa shape index (κ3) is 33.4. The van der Waals surface area contributed by atoms with E-state index >= 15 is 0 Å². The monoisotopic (exact) mass is 417 g/mol. The minimum absolute atomic E-state index is 0. The van der Waals surface area contributed by atoms with Crippen LogP contribution in [0.2, 0.25) is 0 Å². The van der Waals surface area contributed by atoms with E-state index in [1.165, 1.54) is 0 Å². The van der Waals surface area contributed by atoms with Crippen LogP contribution in [0.5, 0.6) is 0 Å². The molecule has 0 aromatic heterocycles. The van der Waals surface area contributed by atoms with Crippen molar-refractivity contribution in [3.63, 3.8) is 0 Å². The van der Waals surface area contributed by atoms with Gasteiger partial charge >= 0.3 is 0 Å². The van der Waals surface area contributed by atoms with Crippen molar-refractivity contribution in [1.82, 2.24) is 6.15 Å². The molecule has 0 rings (SSSR count). The number of hydrogen-bond acceptors (Lipinski definition) is 1. The summed E-state index contributed by atoms with van der Waals surface area (Å²) in [6.07, 6.45) is 0. The van der Waals surface area contributed by atoms with Crippen LogP contribution in [0.4, 0.5) is 4.70 Å². The average Bonchev–Trinajstić information content (AvgIpc) is 0. The second kappa shape index (κ2) is 56.5. The van der Waals surface area contributed by atoms with Crippen molar-refractivity contribution < 1.29 is 54.9 Å². The quantitative estimate of drug-likeness (QED) is 0.567. The SMILES string of the molecule is F.N.O.[Ta].[Ta]. The first-order valence-electron chi connectivity index (χ1n) is 0. The zero-order valence-corrected chi connectivity index (χ0v) is 8.94. The first kappa shape index (κ1) is 102. The number of hydrogen-bond donors (Lipinski definition) is 1. The maximum atomic E-state index is 0. The molecular formula is H6FNOTa2. The summed E-state index contributed by atoms with van der Waals surface area (Å²) in [5.74, 6) is 0. The van der Waals surface area contributed by atoms with Crippen molar-refractivity contribution in [2.45, 2.75) is 0 Å². The van der Waals surface area contributed by atoms with Crippen molar-refractivity contribution in [3.05, 3.63) is 0 Å². The van der Waals surface area contributed by atoms with Crippen molar-refractivity contribution in [2.75, 3.05) is 0 Å². The maximum Gasteiger partial charge on any atom is 0 e. The van der Waals surface area contributed by atoms with Gasteiger partial charge in [-0.05, 0) is 0 Å². The van der Waals surface area contributed by atoms with E-state index in [4.69, 9.17) is 0 Å². The van der Waals surface area contributed by atoms with E-state index in [1.807, 2.05) is 0 Å². The van der Waals surface area contributed by atoms with Crippen LogP contribution in [-0.2, 0) is 44.8 Å². The molecule has 0 aliphatic rings. The second-order valence-electron chi connectivity index (χ2n) is 0. The fourth-order valence-corrected chi connectivity index (χ4v) is 0. The molecule has 5 N–H and O–H groups in total. The summed E-state index contributed by atoms with van der Waals surface area (Å²) in [7, 11) is 0. The standard InChI is InChI=1S/FH.H3N.H2O.2Ta/h1H;1H3;1H2;;. The molecule has 5 heteroatoms. The van der Waals surface area contributed by atoms with Crippen LogP contribution in [0.1, 0.15) is 0 Å². The topological polar surface area (TPSA) is 66.5 Å². The van der Waals surface area contributed by atoms with Crippen molar-refractivity contribution >= 4 is 0 Å². The molecule has 0 amide bonds. The van der Waals surface area contributed by atoms with Crippen LogP contribution in [0, 0.1) is 0 Å². The molecule has 0 saturated carbocycles. The number of halogens is 1. The largest absolute Gasteiger partial charge is 0.412 e. The Hall–Kier alpha value is 1.33. The van der Waals surface area contributed by atoms with Gasteiger partial charge in [0.05, 0.1) is 0 Å². The predicted octanol–water partition coefficient (Wildman–Crippen LogP) is -0.515. The summed E-state index contributed by atoms with van der Waals surface area (Å²) < 4.78 is 0. The molecule has 0 heterocycles. The van der Waals surface area contributed by atoms with Gasteiger partial charge in [0.1, 0.15) is 0 Å². The normalized spacial score (nSPS) is 0. The summed E-state index contributed by atoms with van der Waals surface area (Å²) in [6, 6.07) is 0. The molecule has 34 valence electrons. The first-order chi connectivity index (χ1) is 0. The first-order valence-corrected chi connectivity index (χ1v) is 0. The van der Waals surface area contributed by atoms with Gasteiger partial charge in [-0.3, -0.25) is 4.70 Å². The van der Waals surface area contributed by atoms with Gasteiger partial charge in [-0.25, -0.2) is 0 Å². The molecule has 0 unspecified atom stereocenters. The van der Waals surface area contributed by atoms with Gasteiger partial charge in [-0.1, -0.05) is 0 Å². The zero-order chi connectivity index (χ0) is 0. The van der Waals surface area contributed by atoms with E-state index in [9.17, 15) is 0 Å². The van der Waals surface area contributed by atoms with Crippen molar-refractivity contribution in [2.24, 2.45) is 0 Å². The summed E-state index contributed by atoms with van der Waals surface area (Å²) in [6.45, 7) is 0. The van der Waals surface area contributed by atoms with Gasteiger partial charge in [0, 0.05) is 44.8 Å². The van der Waals surface area contributed by atoms with Crippen molar-refractivity contribution in [3.8, 4) is 0 Å². The van der Waals surface area contributed by atoms with Gasteiger partial charge in [0.25, 0.3) is 0 Å². The molecule has 0 aliphatic carbocycles. The molecule has 0 bridgehead atoms. The zero-order valence-electron chi connectivity index (χ0n) is 2.51. The maximum absolute atomic E-state index is 0. The third-order valence-electron chi connectivity index (χ3n) is 0. The van der Waals surface area contributed by atoms with Gasteiger partial charge in [0.2, 0.25) is 0 Å². The predicted molar refractivity (Wildman–Crippen MR) is 11.1 cm³/mol. The van der Waals surface area contributed by atoms with Crippen LogP contribution in [0.15, 0.2) is 0 Å². The van der Waals surface area contributed by atoms with Gasteiger partial charge in [0.15, 0.2) is 0 Å². The average molecular weight is 417 g/mol. The molecule has 2 radical (unpaired) electrons. The Balaban J connectivity index is 0. The summed E-state index contributed by atoms with van der Waals surface area (Å²) in [5.41, 5.74) is 0. The Bertz CT molecular complexity index is 9.61. The van der Waals surface area contributed by atoms with E-state index < -0.39 is 0 Å². The summed E-state index contributed by atoms with van der Waals surface area (Å²) >= 11 is 0. The van der Waals surface area contributed by atoms with Gasteiger partial charge in [-0.2, -0.15) is 0 Å². The molecule has 0 fully saturated rings. The third-order valence-corrected chi connectivity index (χ3v) is 0. The molecular weight excluding hydrogens is 411 g/mol. The Kier molecular flexibility index (Phi) is 1150. The van der Waals surface area contributed by atoms with Gasteiger partial charge < -0.3 is 11.6 Å². The molecule has 0 spiro atoms. The second-order valence-corrected chi connectivity index (χ2v) is 0. The van der Waals surface area contributed by atoms with E-state index in [-0.39, 0.29) is 61.1 Å². The Morgan fingerprint density at radius 2 is 0.800 bits per heavy atom. The Labute approximate surface area is 61.0 Å². The van der Waals surface area contributed by atoms with E-state index in [0.29, 0.717) is 0 Å². The number of rotatable bonds is 0. The van der Waals surface area contributed by atoms with Crippen LogP contribution < -0.4 is 6.15 Å². The van der Waals surface area contributed by atoms with Crippen LogP contribution in [0.25, 0.3) is 0 Å². The minimum atomic E-state index is 0. The molecule has 0 aromatic carbocycles. The Morgan fingerprint density at radius 3 is 0.800 bits per heavy atom. The molecule has 0 atom stereocenters.